The lowest BCUT2D eigenvalue weighted by molar-refractivity contribution is 0.305. The van der Waals surface area contributed by atoms with E-state index in [4.69, 9.17) is 13.9 Å². The molecule has 0 aliphatic carbocycles. The van der Waals surface area contributed by atoms with Gasteiger partial charge in [0.1, 0.15) is 23.8 Å². The summed E-state index contributed by atoms with van der Waals surface area (Å²) in [5.41, 5.74) is 4.63. The zero-order chi connectivity index (χ0) is 21.9. The van der Waals surface area contributed by atoms with E-state index in [1.54, 1.807) is 7.11 Å². The number of fused-ring (bicyclic) bond motifs is 1. The number of rotatable bonds is 6. The Hall–Kier alpha value is -4.19. The van der Waals surface area contributed by atoms with Gasteiger partial charge in [0.2, 0.25) is 5.89 Å². The third-order valence-corrected chi connectivity index (χ3v) is 5.15. The van der Waals surface area contributed by atoms with Crippen molar-refractivity contribution in [3.63, 3.8) is 0 Å². The van der Waals surface area contributed by atoms with Crippen LogP contribution in [0.2, 0.25) is 0 Å². The first-order valence-electron chi connectivity index (χ1n) is 10.3. The van der Waals surface area contributed by atoms with Crippen LogP contribution in [0.5, 0.6) is 11.5 Å². The number of nitrogens with zero attached hydrogens (tertiary/aromatic N) is 3. The van der Waals surface area contributed by atoms with Gasteiger partial charge in [-0.3, -0.25) is 0 Å². The van der Waals surface area contributed by atoms with E-state index >= 15 is 0 Å². The predicted octanol–water partition coefficient (Wildman–Crippen LogP) is 5.85. The minimum absolute atomic E-state index is 0.398. The number of pyridine rings is 1. The zero-order valence-corrected chi connectivity index (χ0v) is 17.8. The molecule has 0 saturated carbocycles. The summed E-state index contributed by atoms with van der Waals surface area (Å²) in [5.74, 6) is 2.44. The SMILES string of the molecule is COc1ccc(OCc2ccc(-c3nnc(-c4ccc5cc(C)ccc5n4)o3)cc2)cc1. The Balaban J connectivity index is 1.29. The maximum atomic E-state index is 5.89. The van der Waals surface area contributed by atoms with Crippen LogP contribution in [0.15, 0.2) is 83.3 Å². The monoisotopic (exact) mass is 423 g/mol. The van der Waals surface area contributed by atoms with Crippen LogP contribution in [0.4, 0.5) is 0 Å². The van der Waals surface area contributed by atoms with Crippen LogP contribution < -0.4 is 9.47 Å². The van der Waals surface area contributed by atoms with E-state index in [0.29, 0.717) is 24.1 Å². The Bertz CT molecular complexity index is 1360. The third kappa shape index (κ3) is 4.16. The lowest BCUT2D eigenvalue weighted by atomic mass is 10.1. The van der Waals surface area contributed by atoms with Crippen molar-refractivity contribution in [1.29, 1.82) is 0 Å². The summed E-state index contributed by atoms with van der Waals surface area (Å²) in [6.07, 6.45) is 0. The largest absolute Gasteiger partial charge is 0.497 e. The molecular weight excluding hydrogens is 402 g/mol. The fraction of sp³-hybridized carbons (Fsp3) is 0.115. The van der Waals surface area contributed by atoms with Crippen LogP contribution in [0.1, 0.15) is 11.1 Å². The first kappa shape index (κ1) is 19.8. The van der Waals surface area contributed by atoms with Crippen molar-refractivity contribution in [3.8, 4) is 34.5 Å². The quantitative estimate of drug-likeness (QED) is 0.341. The van der Waals surface area contributed by atoms with E-state index in [1.807, 2.05) is 72.8 Å². The second-order valence-electron chi connectivity index (χ2n) is 7.47. The zero-order valence-electron chi connectivity index (χ0n) is 17.8. The Morgan fingerprint density at radius 1 is 0.781 bits per heavy atom. The lowest BCUT2D eigenvalue weighted by Gasteiger charge is -2.07. The molecule has 3 aromatic carbocycles. The summed E-state index contributed by atoms with van der Waals surface area (Å²) < 4.78 is 16.9. The van der Waals surface area contributed by atoms with Crippen LogP contribution in [-0.4, -0.2) is 22.3 Å². The van der Waals surface area contributed by atoms with Crippen LogP contribution in [0.25, 0.3) is 33.9 Å². The number of hydrogen-bond acceptors (Lipinski definition) is 6. The summed E-state index contributed by atoms with van der Waals surface area (Å²) in [5, 5.41) is 9.47. The highest BCUT2D eigenvalue weighted by Gasteiger charge is 2.12. The van der Waals surface area contributed by atoms with Crippen LogP contribution in [-0.2, 0) is 6.61 Å². The van der Waals surface area contributed by atoms with E-state index in [-0.39, 0.29) is 0 Å². The van der Waals surface area contributed by atoms with Crippen LogP contribution >= 0.6 is 0 Å². The minimum Gasteiger partial charge on any atom is -0.497 e. The predicted molar refractivity (Wildman–Crippen MR) is 123 cm³/mol. The molecule has 0 bridgehead atoms. The van der Waals surface area contributed by atoms with Gasteiger partial charge in [-0.15, -0.1) is 10.2 Å². The average Bonchev–Trinajstić information content (AvgIpc) is 3.33. The maximum absolute atomic E-state index is 5.89. The minimum atomic E-state index is 0.398. The number of hydrogen-bond donors (Lipinski definition) is 0. The van der Waals surface area contributed by atoms with Gasteiger partial charge in [-0.1, -0.05) is 29.8 Å². The van der Waals surface area contributed by atoms with Gasteiger partial charge >= 0.3 is 0 Å². The van der Waals surface area contributed by atoms with Crippen LogP contribution in [0.3, 0.4) is 0 Å². The highest BCUT2D eigenvalue weighted by atomic mass is 16.5. The van der Waals surface area contributed by atoms with Gasteiger partial charge in [-0.05, 0) is 67.1 Å². The van der Waals surface area contributed by atoms with Gasteiger partial charge in [0, 0.05) is 10.9 Å². The van der Waals surface area contributed by atoms with Gasteiger partial charge in [0.15, 0.2) is 0 Å². The fourth-order valence-electron chi connectivity index (χ4n) is 3.39. The van der Waals surface area contributed by atoms with E-state index in [2.05, 4.69) is 28.2 Å². The van der Waals surface area contributed by atoms with Gasteiger partial charge in [0.05, 0.1) is 12.6 Å². The van der Waals surface area contributed by atoms with Crippen LogP contribution in [0, 0.1) is 6.92 Å². The third-order valence-electron chi connectivity index (χ3n) is 5.15. The van der Waals surface area contributed by atoms with Crippen molar-refractivity contribution in [2.45, 2.75) is 13.5 Å². The molecule has 0 aliphatic rings. The Kier molecular flexibility index (Phi) is 5.25. The highest BCUT2D eigenvalue weighted by Crippen LogP contribution is 2.25. The summed E-state index contributed by atoms with van der Waals surface area (Å²) in [7, 11) is 1.64. The van der Waals surface area contributed by atoms with E-state index in [1.165, 1.54) is 5.56 Å². The number of methoxy groups -OCH3 is 1. The summed E-state index contributed by atoms with van der Waals surface area (Å²) in [6.45, 7) is 2.52. The fourth-order valence-corrected chi connectivity index (χ4v) is 3.39. The summed E-state index contributed by atoms with van der Waals surface area (Å²) >= 11 is 0. The first-order chi connectivity index (χ1) is 15.7. The molecule has 0 N–H and O–H groups in total. The molecule has 0 fully saturated rings. The number of benzene rings is 3. The first-order valence-corrected chi connectivity index (χ1v) is 10.3. The molecule has 0 radical (unpaired) electrons. The van der Waals surface area contributed by atoms with Crippen molar-refractivity contribution in [2.24, 2.45) is 0 Å². The summed E-state index contributed by atoms with van der Waals surface area (Å²) in [4.78, 5) is 4.65. The van der Waals surface area contributed by atoms with Gasteiger partial charge in [0.25, 0.3) is 5.89 Å². The maximum Gasteiger partial charge on any atom is 0.266 e. The molecule has 158 valence electrons. The van der Waals surface area contributed by atoms with Crippen molar-refractivity contribution < 1.29 is 13.9 Å². The molecule has 5 rings (SSSR count). The van der Waals surface area contributed by atoms with Crippen molar-refractivity contribution in [3.05, 3.63) is 90.0 Å². The number of aryl methyl sites for hydroxylation is 1. The van der Waals surface area contributed by atoms with Crippen molar-refractivity contribution in [2.75, 3.05) is 7.11 Å². The van der Waals surface area contributed by atoms with Crippen molar-refractivity contribution in [1.82, 2.24) is 15.2 Å². The molecule has 6 nitrogen and oxygen atoms in total. The molecule has 0 unspecified atom stereocenters. The normalized spacial score (nSPS) is 10.9. The smallest absolute Gasteiger partial charge is 0.266 e. The average molecular weight is 423 g/mol. The Morgan fingerprint density at radius 2 is 1.53 bits per heavy atom. The summed E-state index contributed by atoms with van der Waals surface area (Å²) in [6, 6.07) is 25.4. The van der Waals surface area contributed by atoms with E-state index in [9.17, 15) is 0 Å². The molecule has 32 heavy (non-hydrogen) atoms. The lowest BCUT2D eigenvalue weighted by Crippen LogP contribution is -1.95. The highest BCUT2D eigenvalue weighted by molar-refractivity contribution is 5.81. The molecule has 0 atom stereocenters. The van der Waals surface area contributed by atoms with Gasteiger partial charge in [-0.25, -0.2) is 4.98 Å². The van der Waals surface area contributed by atoms with Crippen molar-refractivity contribution >= 4 is 10.9 Å². The number of aromatic nitrogens is 3. The van der Waals surface area contributed by atoms with E-state index in [0.717, 1.165) is 33.5 Å². The number of ether oxygens (including phenoxy) is 2. The molecule has 5 aromatic rings. The van der Waals surface area contributed by atoms with Gasteiger partial charge < -0.3 is 13.9 Å². The molecule has 0 amide bonds. The molecule has 2 aromatic heterocycles. The topological polar surface area (TPSA) is 70.3 Å². The second kappa shape index (κ2) is 8.51. The molecule has 6 heteroatoms. The van der Waals surface area contributed by atoms with E-state index < -0.39 is 0 Å². The Morgan fingerprint density at radius 3 is 2.31 bits per heavy atom. The molecule has 2 heterocycles. The Labute approximate surface area is 185 Å². The second-order valence-corrected chi connectivity index (χ2v) is 7.47. The molecule has 0 spiro atoms. The molecule has 0 saturated heterocycles. The standard InChI is InChI=1S/C26H21N3O3/c1-17-3-13-23-20(15-17)8-14-24(27-23)26-29-28-25(32-26)19-6-4-18(5-7-19)16-31-22-11-9-21(30-2)10-12-22/h3-15H,16H2,1-2H3. The van der Waals surface area contributed by atoms with Gasteiger partial charge in [-0.2, -0.15) is 0 Å². The molecule has 0 aliphatic heterocycles. The molecular formula is C26H21N3O3.